The summed E-state index contributed by atoms with van der Waals surface area (Å²) in [5.41, 5.74) is 1.80. The van der Waals surface area contributed by atoms with Gasteiger partial charge in [0.15, 0.2) is 5.78 Å². The first-order chi connectivity index (χ1) is 15.4. The van der Waals surface area contributed by atoms with Gasteiger partial charge in [-0.15, -0.1) is 0 Å². The Kier molecular flexibility index (Phi) is 8.92. The number of ether oxygens (including phenoxy) is 3. The Balaban J connectivity index is 2.38. The summed E-state index contributed by atoms with van der Waals surface area (Å²) in [5.74, 6) is 2.21. The molecule has 33 heavy (non-hydrogen) atoms. The fourth-order valence-corrected chi connectivity index (χ4v) is 3.21. The van der Waals surface area contributed by atoms with E-state index >= 15 is 0 Å². The topological polar surface area (TPSA) is 44.8 Å². The fraction of sp³-hybridized carbons (Fsp3) is 0.414. The molecule has 4 nitrogen and oxygen atoms in total. The van der Waals surface area contributed by atoms with Gasteiger partial charge in [0.05, 0.1) is 0 Å². The van der Waals surface area contributed by atoms with Crippen molar-refractivity contribution in [2.24, 2.45) is 0 Å². The third-order valence-corrected chi connectivity index (χ3v) is 4.46. The van der Waals surface area contributed by atoms with Crippen molar-refractivity contribution in [3.05, 3.63) is 71.8 Å². The van der Waals surface area contributed by atoms with Crippen LogP contribution in [0.4, 0.5) is 0 Å². The van der Waals surface area contributed by atoms with E-state index in [9.17, 15) is 4.79 Å². The molecule has 2 aromatic rings. The van der Waals surface area contributed by atoms with Crippen LogP contribution >= 0.6 is 0 Å². The molecule has 0 aliphatic rings. The van der Waals surface area contributed by atoms with Crippen LogP contribution in [0.1, 0.15) is 76.4 Å². The number of carbonyl (C=O) groups is 1. The van der Waals surface area contributed by atoms with E-state index in [-0.39, 0.29) is 17.0 Å². The number of benzene rings is 2. The zero-order valence-corrected chi connectivity index (χ0v) is 21.2. The first-order valence-electron chi connectivity index (χ1n) is 11.5. The normalized spacial score (nSPS) is 12.0. The molecule has 0 heterocycles. The van der Waals surface area contributed by atoms with Gasteiger partial charge >= 0.3 is 0 Å². The van der Waals surface area contributed by atoms with Crippen molar-refractivity contribution in [1.29, 1.82) is 0 Å². The van der Waals surface area contributed by atoms with Crippen LogP contribution in [0.15, 0.2) is 55.1 Å². The van der Waals surface area contributed by atoms with Gasteiger partial charge in [-0.3, -0.25) is 4.79 Å². The molecule has 0 aromatic heterocycles. The van der Waals surface area contributed by atoms with Gasteiger partial charge in [0.1, 0.15) is 35.1 Å². The van der Waals surface area contributed by atoms with E-state index < -0.39 is 0 Å². The second-order valence-corrected chi connectivity index (χ2v) is 10.00. The minimum Gasteiger partial charge on any atom is -0.490 e. The fourth-order valence-electron chi connectivity index (χ4n) is 3.21. The molecule has 4 heteroatoms. The van der Waals surface area contributed by atoms with Gasteiger partial charge in [-0.25, -0.2) is 0 Å². The Morgan fingerprint density at radius 2 is 1.48 bits per heavy atom. The molecule has 0 aliphatic heterocycles. The van der Waals surface area contributed by atoms with Crippen molar-refractivity contribution in [2.75, 3.05) is 6.61 Å². The predicted octanol–water partition coefficient (Wildman–Crippen LogP) is 7.45. The van der Waals surface area contributed by atoms with E-state index in [1.54, 1.807) is 36.4 Å². The molecule has 2 rings (SSSR count). The smallest absolute Gasteiger partial charge is 0.185 e. The molecular weight excluding hydrogens is 412 g/mol. The van der Waals surface area contributed by atoms with E-state index in [1.165, 1.54) is 0 Å². The maximum atomic E-state index is 12.7. The Bertz CT molecular complexity index is 933. The van der Waals surface area contributed by atoms with Crippen molar-refractivity contribution in [2.45, 2.75) is 72.5 Å². The Morgan fingerprint density at radius 3 is 1.94 bits per heavy atom. The summed E-state index contributed by atoms with van der Waals surface area (Å²) in [7, 11) is 0. The highest BCUT2D eigenvalue weighted by Gasteiger charge is 2.21. The van der Waals surface area contributed by atoms with Gasteiger partial charge in [-0.1, -0.05) is 32.1 Å². The summed E-state index contributed by atoms with van der Waals surface area (Å²) in [6, 6.07) is 11.1. The summed E-state index contributed by atoms with van der Waals surface area (Å²) in [6.07, 6.45) is 6.89. The minimum absolute atomic E-state index is 0.0838. The molecule has 0 unspecified atom stereocenters. The lowest BCUT2D eigenvalue weighted by atomic mass is 10.0. The standard InChI is InChI=1S/C29H38O4/c1-9-11-24-26(32-28(3,4)5)19-21(20-27(24)33-29(6,7)8)12-17-25(30)22-13-15-23(16-14-22)31-18-10-2/h10,12-17,19-20H,2,9,11,18H2,1,3-8H3. The maximum Gasteiger partial charge on any atom is 0.185 e. The molecule has 0 atom stereocenters. The Morgan fingerprint density at radius 1 is 0.939 bits per heavy atom. The molecule has 0 saturated heterocycles. The average Bonchev–Trinajstić information content (AvgIpc) is 2.71. The van der Waals surface area contributed by atoms with Crippen LogP contribution in [0.2, 0.25) is 0 Å². The Hall–Kier alpha value is -3.01. The molecule has 0 bridgehead atoms. The molecule has 0 radical (unpaired) electrons. The highest BCUT2D eigenvalue weighted by atomic mass is 16.5. The lowest BCUT2D eigenvalue weighted by Crippen LogP contribution is -2.26. The Labute approximate surface area is 199 Å². The van der Waals surface area contributed by atoms with E-state index in [0.29, 0.717) is 17.9 Å². The van der Waals surface area contributed by atoms with Crippen LogP contribution < -0.4 is 14.2 Å². The van der Waals surface area contributed by atoms with Crippen LogP contribution in [0.5, 0.6) is 17.2 Å². The van der Waals surface area contributed by atoms with Crippen molar-refractivity contribution < 1.29 is 19.0 Å². The summed E-state index contributed by atoms with van der Waals surface area (Å²) < 4.78 is 18.1. The number of carbonyl (C=O) groups excluding carboxylic acids is 1. The predicted molar refractivity (Wildman–Crippen MR) is 137 cm³/mol. The van der Waals surface area contributed by atoms with Crippen molar-refractivity contribution in [3.63, 3.8) is 0 Å². The van der Waals surface area contributed by atoms with Gasteiger partial charge in [-0.05, 0) is 96.0 Å². The molecule has 0 spiro atoms. The zero-order valence-electron chi connectivity index (χ0n) is 21.2. The van der Waals surface area contributed by atoms with Gasteiger partial charge in [0, 0.05) is 11.1 Å². The lowest BCUT2D eigenvalue weighted by molar-refractivity contribution is 0.104. The molecule has 0 aliphatic carbocycles. The van der Waals surface area contributed by atoms with Gasteiger partial charge in [0.25, 0.3) is 0 Å². The molecule has 0 amide bonds. The third-order valence-electron chi connectivity index (χ3n) is 4.46. The average molecular weight is 451 g/mol. The number of allylic oxidation sites excluding steroid dienone is 1. The zero-order chi connectivity index (χ0) is 24.6. The highest BCUT2D eigenvalue weighted by molar-refractivity contribution is 6.06. The SMILES string of the molecule is C=CCOc1ccc(C(=O)C=Cc2cc(OC(C)(C)C)c(CCC)c(OC(C)(C)C)c2)cc1. The first-order valence-corrected chi connectivity index (χ1v) is 11.5. The van der Waals surface area contributed by atoms with Crippen LogP contribution in [-0.4, -0.2) is 23.6 Å². The van der Waals surface area contributed by atoms with Crippen LogP contribution in [0, 0.1) is 0 Å². The summed E-state index contributed by atoms with van der Waals surface area (Å²) >= 11 is 0. The molecule has 2 aromatic carbocycles. The summed E-state index contributed by atoms with van der Waals surface area (Å²) in [5, 5.41) is 0. The minimum atomic E-state index is -0.352. The van der Waals surface area contributed by atoms with Gasteiger partial charge < -0.3 is 14.2 Å². The van der Waals surface area contributed by atoms with Gasteiger partial charge in [0.2, 0.25) is 0 Å². The van der Waals surface area contributed by atoms with Crippen LogP contribution in [0.25, 0.3) is 6.08 Å². The number of ketones is 1. The van der Waals surface area contributed by atoms with E-state index in [0.717, 1.165) is 35.5 Å². The third kappa shape index (κ3) is 8.80. The molecule has 0 fully saturated rings. The highest BCUT2D eigenvalue weighted by Crippen LogP contribution is 2.36. The second kappa shape index (κ2) is 11.2. The number of rotatable bonds is 10. The van der Waals surface area contributed by atoms with E-state index in [1.807, 2.05) is 59.8 Å². The lowest BCUT2D eigenvalue weighted by Gasteiger charge is -2.28. The van der Waals surface area contributed by atoms with Gasteiger partial charge in [-0.2, -0.15) is 0 Å². The van der Waals surface area contributed by atoms with Crippen LogP contribution in [-0.2, 0) is 6.42 Å². The first kappa shape index (κ1) is 26.2. The van der Waals surface area contributed by atoms with E-state index in [2.05, 4.69) is 13.5 Å². The summed E-state index contributed by atoms with van der Waals surface area (Å²) in [6.45, 7) is 18.4. The summed E-state index contributed by atoms with van der Waals surface area (Å²) in [4.78, 5) is 12.7. The second-order valence-electron chi connectivity index (χ2n) is 10.00. The molecule has 0 N–H and O–H groups in total. The van der Waals surface area contributed by atoms with Crippen LogP contribution in [0.3, 0.4) is 0 Å². The van der Waals surface area contributed by atoms with Crippen molar-refractivity contribution >= 4 is 11.9 Å². The molecule has 0 saturated carbocycles. The molecule has 178 valence electrons. The maximum absolute atomic E-state index is 12.7. The van der Waals surface area contributed by atoms with E-state index in [4.69, 9.17) is 14.2 Å². The molecular formula is C29H38O4. The van der Waals surface area contributed by atoms with Crippen molar-refractivity contribution in [3.8, 4) is 17.2 Å². The van der Waals surface area contributed by atoms with Crippen molar-refractivity contribution in [1.82, 2.24) is 0 Å². The monoisotopic (exact) mass is 450 g/mol. The number of hydrogen-bond acceptors (Lipinski definition) is 4. The largest absolute Gasteiger partial charge is 0.490 e. The quantitative estimate of drug-likeness (QED) is 0.214. The number of hydrogen-bond donors (Lipinski definition) is 0.